The molecule has 1 saturated heterocycles. The molecule has 1 heterocycles. The van der Waals surface area contributed by atoms with Crippen molar-refractivity contribution in [2.45, 2.75) is 89.2 Å². The summed E-state index contributed by atoms with van der Waals surface area (Å²) < 4.78 is 5.55. The standard InChI is InChI=1S/C18H31NO4/c20-17(10-9-16-7-4-12-23-16)19-15(8-11-18(21)22)13-14-5-2-1-3-6-14/h14-16H,1-13H2,(H,19,20)(H,21,22). The number of hydrogen-bond acceptors (Lipinski definition) is 3. The Balaban J connectivity index is 1.74. The highest BCUT2D eigenvalue weighted by atomic mass is 16.5. The Bertz CT molecular complexity index is 373. The number of rotatable bonds is 9. The minimum absolute atomic E-state index is 0.00574. The van der Waals surface area contributed by atoms with Gasteiger partial charge in [0.15, 0.2) is 0 Å². The summed E-state index contributed by atoms with van der Waals surface area (Å²) in [6.45, 7) is 0.815. The van der Waals surface area contributed by atoms with Crippen molar-refractivity contribution in [1.29, 1.82) is 0 Å². The molecule has 0 aromatic carbocycles. The van der Waals surface area contributed by atoms with Gasteiger partial charge in [-0.25, -0.2) is 0 Å². The van der Waals surface area contributed by atoms with Crippen LogP contribution in [0.3, 0.4) is 0 Å². The molecule has 0 aromatic rings. The maximum Gasteiger partial charge on any atom is 0.303 e. The number of hydrogen-bond donors (Lipinski definition) is 2. The molecule has 2 fully saturated rings. The van der Waals surface area contributed by atoms with E-state index in [0.717, 1.165) is 32.3 Å². The molecule has 1 amide bonds. The number of carboxylic acid groups (broad SMARTS) is 1. The molecule has 0 bridgehead atoms. The smallest absolute Gasteiger partial charge is 0.303 e. The molecular formula is C18H31NO4. The molecule has 5 nitrogen and oxygen atoms in total. The molecule has 0 spiro atoms. The van der Waals surface area contributed by atoms with Crippen LogP contribution in [0.4, 0.5) is 0 Å². The molecule has 2 unspecified atom stereocenters. The van der Waals surface area contributed by atoms with E-state index in [2.05, 4.69) is 5.32 Å². The zero-order chi connectivity index (χ0) is 16.5. The van der Waals surface area contributed by atoms with Crippen molar-refractivity contribution in [3.63, 3.8) is 0 Å². The first-order valence-corrected chi connectivity index (χ1v) is 9.26. The van der Waals surface area contributed by atoms with Crippen molar-refractivity contribution in [3.8, 4) is 0 Å². The summed E-state index contributed by atoms with van der Waals surface area (Å²) in [6.07, 6.45) is 11.5. The lowest BCUT2D eigenvalue weighted by Crippen LogP contribution is -2.37. The van der Waals surface area contributed by atoms with Gasteiger partial charge in [-0.05, 0) is 38.0 Å². The van der Waals surface area contributed by atoms with E-state index in [9.17, 15) is 9.59 Å². The zero-order valence-electron chi connectivity index (χ0n) is 14.1. The number of aliphatic carboxylic acids is 1. The van der Waals surface area contributed by atoms with Gasteiger partial charge in [0.25, 0.3) is 0 Å². The van der Waals surface area contributed by atoms with Crippen LogP contribution in [0.1, 0.15) is 77.0 Å². The van der Waals surface area contributed by atoms with Gasteiger partial charge in [0, 0.05) is 25.5 Å². The average Bonchev–Trinajstić information content (AvgIpc) is 3.05. The topological polar surface area (TPSA) is 75.6 Å². The summed E-state index contributed by atoms with van der Waals surface area (Å²) in [5.41, 5.74) is 0. The van der Waals surface area contributed by atoms with Gasteiger partial charge in [0.2, 0.25) is 5.91 Å². The van der Waals surface area contributed by atoms with E-state index >= 15 is 0 Å². The Kier molecular flexibility index (Phi) is 7.86. The molecule has 1 aliphatic heterocycles. The van der Waals surface area contributed by atoms with Crippen molar-refractivity contribution in [2.24, 2.45) is 5.92 Å². The highest BCUT2D eigenvalue weighted by Gasteiger charge is 2.22. The summed E-state index contributed by atoms with van der Waals surface area (Å²) in [5, 5.41) is 12.0. The fourth-order valence-corrected chi connectivity index (χ4v) is 3.84. The second-order valence-electron chi connectivity index (χ2n) is 7.11. The maximum atomic E-state index is 12.2. The fraction of sp³-hybridized carbons (Fsp3) is 0.889. The summed E-state index contributed by atoms with van der Waals surface area (Å²) in [4.78, 5) is 23.0. The van der Waals surface area contributed by atoms with Crippen molar-refractivity contribution in [3.05, 3.63) is 0 Å². The third kappa shape index (κ3) is 7.34. The van der Waals surface area contributed by atoms with Crippen molar-refractivity contribution in [1.82, 2.24) is 5.32 Å². The van der Waals surface area contributed by atoms with Gasteiger partial charge in [-0.3, -0.25) is 9.59 Å². The maximum absolute atomic E-state index is 12.2. The first-order valence-electron chi connectivity index (χ1n) is 9.26. The van der Waals surface area contributed by atoms with E-state index in [1.807, 2.05) is 0 Å². The molecular weight excluding hydrogens is 294 g/mol. The quantitative estimate of drug-likeness (QED) is 0.682. The summed E-state index contributed by atoms with van der Waals surface area (Å²) in [6, 6.07) is 0.00574. The number of carbonyl (C=O) groups is 2. The van der Waals surface area contributed by atoms with E-state index in [0.29, 0.717) is 18.8 Å². The van der Waals surface area contributed by atoms with Crippen LogP contribution in [0.2, 0.25) is 0 Å². The highest BCUT2D eigenvalue weighted by Crippen LogP contribution is 2.28. The van der Waals surface area contributed by atoms with Gasteiger partial charge in [-0.1, -0.05) is 32.1 Å². The third-order valence-electron chi connectivity index (χ3n) is 5.13. The van der Waals surface area contributed by atoms with Crippen molar-refractivity contribution in [2.75, 3.05) is 6.61 Å². The van der Waals surface area contributed by atoms with Crippen molar-refractivity contribution >= 4 is 11.9 Å². The Morgan fingerprint density at radius 1 is 1.09 bits per heavy atom. The van der Waals surface area contributed by atoms with Gasteiger partial charge < -0.3 is 15.2 Å². The fourth-order valence-electron chi connectivity index (χ4n) is 3.84. The van der Waals surface area contributed by atoms with Crippen LogP contribution >= 0.6 is 0 Å². The molecule has 2 aliphatic rings. The predicted octanol–water partition coefficient (Wildman–Crippen LogP) is 3.27. The number of carboxylic acids is 1. The number of carbonyl (C=O) groups excluding carboxylic acids is 1. The monoisotopic (exact) mass is 325 g/mol. The highest BCUT2D eigenvalue weighted by molar-refractivity contribution is 5.76. The Morgan fingerprint density at radius 2 is 1.87 bits per heavy atom. The Labute approximate surface area is 139 Å². The van der Waals surface area contributed by atoms with Crippen LogP contribution in [-0.2, 0) is 14.3 Å². The first-order chi connectivity index (χ1) is 11.1. The van der Waals surface area contributed by atoms with E-state index in [1.165, 1.54) is 32.1 Å². The van der Waals surface area contributed by atoms with E-state index < -0.39 is 5.97 Å². The number of ether oxygens (including phenoxy) is 1. The lowest BCUT2D eigenvalue weighted by Gasteiger charge is -2.27. The van der Waals surface area contributed by atoms with Gasteiger partial charge in [-0.2, -0.15) is 0 Å². The Morgan fingerprint density at radius 3 is 2.52 bits per heavy atom. The molecule has 132 valence electrons. The molecule has 1 saturated carbocycles. The van der Waals surface area contributed by atoms with Crippen LogP contribution < -0.4 is 5.32 Å². The summed E-state index contributed by atoms with van der Waals surface area (Å²) in [5.74, 6) is -0.0973. The van der Waals surface area contributed by atoms with Crippen molar-refractivity contribution < 1.29 is 19.4 Å². The molecule has 0 aromatic heterocycles. The summed E-state index contributed by atoms with van der Waals surface area (Å²) >= 11 is 0. The summed E-state index contributed by atoms with van der Waals surface area (Å²) in [7, 11) is 0. The Hall–Kier alpha value is -1.10. The van der Waals surface area contributed by atoms with E-state index in [1.54, 1.807) is 0 Å². The van der Waals surface area contributed by atoms with E-state index in [-0.39, 0.29) is 24.5 Å². The van der Waals surface area contributed by atoms with Crippen LogP contribution in [0, 0.1) is 5.92 Å². The minimum atomic E-state index is -0.785. The number of amides is 1. The second kappa shape index (κ2) is 9.91. The normalized spacial score (nSPS) is 23.6. The van der Waals surface area contributed by atoms with Crippen LogP contribution in [-0.4, -0.2) is 35.7 Å². The van der Waals surface area contributed by atoms with Crippen LogP contribution in [0.15, 0.2) is 0 Å². The molecule has 1 aliphatic carbocycles. The second-order valence-corrected chi connectivity index (χ2v) is 7.11. The zero-order valence-corrected chi connectivity index (χ0v) is 14.1. The molecule has 2 rings (SSSR count). The SMILES string of the molecule is O=C(O)CCC(CC1CCCCC1)NC(=O)CCC1CCCO1. The van der Waals surface area contributed by atoms with Gasteiger partial charge in [0.1, 0.15) is 0 Å². The molecule has 2 atom stereocenters. The number of nitrogens with one attached hydrogen (secondary N) is 1. The van der Waals surface area contributed by atoms with E-state index in [4.69, 9.17) is 9.84 Å². The van der Waals surface area contributed by atoms with Crippen LogP contribution in [0.25, 0.3) is 0 Å². The molecule has 0 radical (unpaired) electrons. The largest absolute Gasteiger partial charge is 0.481 e. The van der Waals surface area contributed by atoms with Gasteiger partial charge in [0.05, 0.1) is 6.10 Å². The average molecular weight is 325 g/mol. The molecule has 23 heavy (non-hydrogen) atoms. The van der Waals surface area contributed by atoms with Crippen LogP contribution in [0.5, 0.6) is 0 Å². The molecule has 2 N–H and O–H groups in total. The van der Waals surface area contributed by atoms with Gasteiger partial charge >= 0.3 is 5.97 Å². The minimum Gasteiger partial charge on any atom is -0.481 e. The third-order valence-corrected chi connectivity index (χ3v) is 5.13. The first kappa shape index (κ1) is 18.2. The van der Waals surface area contributed by atoms with Gasteiger partial charge in [-0.15, -0.1) is 0 Å². The predicted molar refractivity (Wildman–Crippen MR) is 88.2 cm³/mol. The molecule has 5 heteroatoms. The lowest BCUT2D eigenvalue weighted by molar-refractivity contribution is -0.137. The lowest BCUT2D eigenvalue weighted by atomic mass is 9.84.